The summed E-state index contributed by atoms with van der Waals surface area (Å²) in [5.41, 5.74) is 1.82. The molecule has 0 spiro atoms. The van der Waals surface area contributed by atoms with Crippen molar-refractivity contribution < 1.29 is 4.79 Å². The Morgan fingerprint density at radius 2 is 1.79 bits per heavy atom. The molecule has 0 saturated heterocycles. The smallest absolute Gasteiger partial charge is 0.239 e. The van der Waals surface area contributed by atoms with Crippen LogP contribution in [-0.4, -0.2) is 37.0 Å². The summed E-state index contributed by atoms with van der Waals surface area (Å²) in [7, 11) is 0. The molecule has 9 nitrogen and oxygen atoms in total. The fraction of sp³-hybridized carbons (Fsp3) is 0.136. The van der Waals surface area contributed by atoms with Crippen LogP contribution in [0, 0.1) is 0 Å². The second kappa shape index (κ2) is 10.8. The van der Waals surface area contributed by atoms with Crippen molar-refractivity contribution in [2.75, 3.05) is 17.2 Å². The molecule has 0 fully saturated rings. The first kappa shape index (κ1) is 22.5. The van der Waals surface area contributed by atoms with E-state index in [0.717, 1.165) is 11.1 Å². The van der Waals surface area contributed by atoms with Gasteiger partial charge in [0.15, 0.2) is 0 Å². The molecule has 0 aliphatic rings. The van der Waals surface area contributed by atoms with Crippen molar-refractivity contribution in [3.05, 3.63) is 88.7 Å². The topological polar surface area (TPSA) is 110 Å². The van der Waals surface area contributed by atoms with Crippen LogP contribution < -0.4 is 16.0 Å². The van der Waals surface area contributed by atoms with Gasteiger partial charge in [-0.3, -0.25) is 14.3 Å². The summed E-state index contributed by atoms with van der Waals surface area (Å²) in [6.45, 7) is 0.840. The average molecular weight is 483 g/mol. The highest BCUT2D eigenvalue weighted by atomic mass is 35.5. The van der Waals surface area contributed by atoms with Crippen molar-refractivity contribution in [2.45, 2.75) is 13.1 Å². The van der Waals surface area contributed by atoms with Crippen LogP contribution in [0.3, 0.4) is 0 Å². The van der Waals surface area contributed by atoms with E-state index in [1.165, 1.54) is 0 Å². The number of amides is 1. The minimum absolute atomic E-state index is 0.0232. The molecule has 0 atom stereocenters. The van der Waals surface area contributed by atoms with Gasteiger partial charge in [-0.1, -0.05) is 29.3 Å². The molecule has 0 unspecified atom stereocenters. The number of aromatic nitrogens is 5. The maximum Gasteiger partial charge on any atom is 0.239 e. The van der Waals surface area contributed by atoms with E-state index >= 15 is 0 Å². The fourth-order valence-corrected chi connectivity index (χ4v) is 3.38. The number of benzene rings is 1. The molecule has 3 N–H and O–H groups in total. The number of halogens is 2. The van der Waals surface area contributed by atoms with Crippen molar-refractivity contribution in [1.29, 1.82) is 0 Å². The third-order valence-electron chi connectivity index (χ3n) is 4.60. The number of nitrogens with one attached hydrogen (secondary N) is 3. The molecule has 4 aromatic rings. The van der Waals surface area contributed by atoms with Gasteiger partial charge in [-0.15, -0.1) is 0 Å². The van der Waals surface area contributed by atoms with Gasteiger partial charge in [-0.05, 0) is 35.4 Å². The molecule has 0 bridgehead atoms. The number of imidazole rings is 1. The van der Waals surface area contributed by atoms with Crippen LogP contribution in [0.4, 0.5) is 11.8 Å². The van der Waals surface area contributed by atoms with Gasteiger partial charge >= 0.3 is 0 Å². The second-order valence-electron chi connectivity index (χ2n) is 6.98. The van der Waals surface area contributed by atoms with Crippen LogP contribution in [0.2, 0.25) is 10.0 Å². The minimum Gasteiger partial charge on any atom is -0.361 e. The molecule has 0 aliphatic heterocycles. The maximum absolute atomic E-state index is 12.4. The number of hydrogen-bond acceptors (Lipinski definition) is 7. The lowest BCUT2D eigenvalue weighted by molar-refractivity contribution is -0.119. The van der Waals surface area contributed by atoms with E-state index < -0.39 is 0 Å². The Hall–Kier alpha value is -3.69. The van der Waals surface area contributed by atoms with E-state index in [0.29, 0.717) is 40.7 Å². The number of anilines is 2. The Morgan fingerprint density at radius 1 is 0.939 bits per heavy atom. The van der Waals surface area contributed by atoms with E-state index in [1.54, 1.807) is 59.9 Å². The molecule has 1 amide bonds. The summed E-state index contributed by atoms with van der Waals surface area (Å²) in [6.07, 6.45) is 8.53. The third kappa shape index (κ3) is 6.41. The summed E-state index contributed by atoms with van der Waals surface area (Å²) in [5.74, 6) is 1.30. The third-order valence-corrected chi connectivity index (χ3v) is 5.19. The van der Waals surface area contributed by atoms with Gasteiger partial charge in [0.25, 0.3) is 0 Å². The highest BCUT2D eigenvalue weighted by Gasteiger charge is 2.09. The van der Waals surface area contributed by atoms with Crippen molar-refractivity contribution in [3.63, 3.8) is 0 Å². The number of rotatable bonds is 9. The Balaban J connectivity index is 1.41. The van der Waals surface area contributed by atoms with Gasteiger partial charge in [-0.2, -0.15) is 9.97 Å². The minimum atomic E-state index is -0.213. The van der Waals surface area contributed by atoms with Gasteiger partial charge in [0.05, 0.1) is 6.54 Å². The van der Waals surface area contributed by atoms with Gasteiger partial charge in [-0.25, -0.2) is 4.98 Å². The van der Waals surface area contributed by atoms with E-state index in [9.17, 15) is 4.79 Å². The molecular formula is C22H20Cl2N8O. The molecule has 0 radical (unpaired) electrons. The fourth-order valence-electron chi connectivity index (χ4n) is 2.90. The SMILES string of the molecule is O=C(CNc1cc(-n2ccnc2)nc(NCc2ccncc2)n1)NCc1ccc(Cl)cc1Cl. The zero-order valence-electron chi connectivity index (χ0n) is 17.4. The predicted octanol–water partition coefficient (Wildman–Crippen LogP) is 3.70. The van der Waals surface area contributed by atoms with Crippen LogP contribution in [0.1, 0.15) is 11.1 Å². The molecular weight excluding hydrogens is 463 g/mol. The molecule has 11 heteroatoms. The normalized spacial score (nSPS) is 10.6. The van der Waals surface area contributed by atoms with Gasteiger partial charge in [0, 0.05) is 54.0 Å². The quantitative estimate of drug-likeness (QED) is 0.333. The van der Waals surface area contributed by atoms with Crippen LogP contribution in [0.15, 0.2) is 67.5 Å². The molecule has 0 aliphatic carbocycles. The Labute approximate surface area is 200 Å². The van der Waals surface area contributed by atoms with Crippen molar-refractivity contribution in [2.24, 2.45) is 0 Å². The van der Waals surface area contributed by atoms with Crippen LogP contribution in [0.25, 0.3) is 5.82 Å². The molecule has 3 aromatic heterocycles. The van der Waals surface area contributed by atoms with Crippen LogP contribution in [0.5, 0.6) is 0 Å². The van der Waals surface area contributed by atoms with E-state index in [4.69, 9.17) is 23.2 Å². The first-order valence-corrected chi connectivity index (χ1v) is 10.8. The van der Waals surface area contributed by atoms with E-state index in [-0.39, 0.29) is 12.5 Å². The zero-order valence-corrected chi connectivity index (χ0v) is 18.9. The number of nitrogens with zero attached hydrogens (tertiary/aromatic N) is 5. The standard InChI is InChI=1S/C22H20Cl2N8O/c23-17-2-1-16(18(24)9-17)12-28-21(33)13-27-19-10-20(32-8-7-26-14-32)31-22(30-19)29-11-15-3-5-25-6-4-15/h1-10,14H,11-13H2,(H,28,33)(H2,27,29,30,31). The first-order chi connectivity index (χ1) is 16.1. The van der Waals surface area contributed by atoms with Crippen molar-refractivity contribution in [1.82, 2.24) is 29.8 Å². The summed E-state index contributed by atoms with van der Waals surface area (Å²) >= 11 is 12.1. The highest BCUT2D eigenvalue weighted by molar-refractivity contribution is 6.35. The van der Waals surface area contributed by atoms with Gasteiger partial charge in [0.2, 0.25) is 11.9 Å². The van der Waals surface area contributed by atoms with Crippen molar-refractivity contribution >= 4 is 40.9 Å². The molecule has 168 valence electrons. The summed E-state index contributed by atoms with van der Waals surface area (Å²) < 4.78 is 1.76. The molecule has 1 aromatic carbocycles. The largest absolute Gasteiger partial charge is 0.361 e. The molecule has 0 saturated carbocycles. The van der Waals surface area contributed by atoms with E-state index in [1.807, 2.05) is 12.1 Å². The van der Waals surface area contributed by atoms with Gasteiger partial charge in [0.1, 0.15) is 18.0 Å². The van der Waals surface area contributed by atoms with Gasteiger partial charge < -0.3 is 16.0 Å². The van der Waals surface area contributed by atoms with Crippen molar-refractivity contribution in [3.8, 4) is 5.82 Å². The predicted molar refractivity (Wildman–Crippen MR) is 128 cm³/mol. The second-order valence-corrected chi connectivity index (χ2v) is 7.82. The average Bonchev–Trinajstić information content (AvgIpc) is 3.37. The number of carbonyl (C=O) groups excluding carboxylic acids is 1. The number of carbonyl (C=O) groups is 1. The monoisotopic (exact) mass is 482 g/mol. The first-order valence-electron chi connectivity index (χ1n) is 10.0. The lowest BCUT2D eigenvalue weighted by Gasteiger charge is -2.12. The summed E-state index contributed by atoms with van der Waals surface area (Å²) in [5, 5.41) is 10.1. The highest BCUT2D eigenvalue weighted by Crippen LogP contribution is 2.20. The Kier molecular flexibility index (Phi) is 7.33. The summed E-state index contributed by atoms with van der Waals surface area (Å²) in [6, 6.07) is 10.7. The lowest BCUT2D eigenvalue weighted by Crippen LogP contribution is -2.29. The molecule has 33 heavy (non-hydrogen) atoms. The molecule has 4 rings (SSSR count). The van der Waals surface area contributed by atoms with Crippen LogP contribution in [-0.2, 0) is 17.9 Å². The Morgan fingerprint density at radius 3 is 2.55 bits per heavy atom. The number of pyridine rings is 1. The Bertz CT molecular complexity index is 1220. The lowest BCUT2D eigenvalue weighted by atomic mass is 10.2. The van der Waals surface area contributed by atoms with Crippen LogP contribution >= 0.6 is 23.2 Å². The molecule has 3 heterocycles. The zero-order chi connectivity index (χ0) is 23.0. The summed E-state index contributed by atoms with van der Waals surface area (Å²) in [4.78, 5) is 29.4. The maximum atomic E-state index is 12.4. The van der Waals surface area contributed by atoms with E-state index in [2.05, 4.69) is 35.9 Å². The number of hydrogen-bond donors (Lipinski definition) is 3.